The fourth-order valence-electron chi connectivity index (χ4n) is 5.86. The summed E-state index contributed by atoms with van der Waals surface area (Å²) in [5.41, 5.74) is 4.27. The molecule has 1 N–H and O–H groups in total. The highest BCUT2D eigenvalue weighted by molar-refractivity contribution is 5.58. The normalized spacial score (nSPS) is 43.4. The minimum Gasteiger partial charge on any atom is -0.486 e. The zero-order valence-corrected chi connectivity index (χ0v) is 12.8. The van der Waals surface area contributed by atoms with Gasteiger partial charge < -0.3 is 14.7 Å². The number of benzene rings is 1. The Labute approximate surface area is 125 Å². The first-order valence-corrected chi connectivity index (χ1v) is 8.31. The van der Waals surface area contributed by atoms with E-state index < -0.39 is 0 Å². The molecular formula is C18H23NO2. The summed E-state index contributed by atoms with van der Waals surface area (Å²) in [6, 6.07) is 5.13. The van der Waals surface area contributed by atoms with Crippen LogP contribution in [0.1, 0.15) is 36.0 Å². The van der Waals surface area contributed by atoms with Crippen molar-refractivity contribution >= 4 is 0 Å². The number of aryl methyl sites for hydroxylation is 1. The molecule has 3 nitrogen and oxygen atoms in total. The summed E-state index contributed by atoms with van der Waals surface area (Å²) in [6.07, 6.45) is 4.01. The molecule has 2 fully saturated rings. The maximum atomic E-state index is 10.6. The van der Waals surface area contributed by atoms with E-state index in [-0.39, 0.29) is 17.6 Å². The second kappa shape index (κ2) is 3.82. The minimum absolute atomic E-state index is 0.0115. The molecule has 1 saturated carbocycles. The van der Waals surface area contributed by atoms with Crippen LogP contribution in [-0.2, 0) is 11.8 Å². The maximum Gasteiger partial charge on any atom is 0.135 e. The van der Waals surface area contributed by atoms with Crippen molar-refractivity contribution in [2.75, 3.05) is 13.6 Å². The molecule has 2 aliphatic carbocycles. The highest BCUT2D eigenvalue weighted by Crippen LogP contribution is 2.62. The van der Waals surface area contributed by atoms with Gasteiger partial charge in [0.1, 0.15) is 11.9 Å². The molecule has 5 atom stereocenters. The van der Waals surface area contributed by atoms with Gasteiger partial charge in [0.25, 0.3) is 0 Å². The zero-order valence-electron chi connectivity index (χ0n) is 12.8. The number of likely N-dealkylation sites (tertiary alicyclic amines) is 1. The van der Waals surface area contributed by atoms with E-state index in [0.29, 0.717) is 12.0 Å². The van der Waals surface area contributed by atoms with Gasteiger partial charge in [-0.25, -0.2) is 0 Å². The van der Waals surface area contributed by atoms with Crippen molar-refractivity contribution in [2.24, 2.45) is 5.92 Å². The van der Waals surface area contributed by atoms with Crippen molar-refractivity contribution in [3.05, 3.63) is 28.8 Å². The van der Waals surface area contributed by atoms with E-state index in [1.54, 1.807) is 0 Å². The molecule has 5 rings (SSSR count). The molecule has 1 spiro atoms. The summed E-state index contributed by atoms with van der Waals surface area (Å²) in [7, 11) is 2.27. The van der Waals surface area contributed by atoms with E-state index in [9.17, 15) is 5.11 Å². The molecular weight excluding hydrogens is 262 g/mol. The number of ether oxygens (including phenoxy) is 1. The summed E-state index contributed by atoms with van der Waals surface area (Å²) in [5, 5.41) is 10.6. The first-order valence-electron chi connectivity index (χ1n) is 8.31. The Morgan fingerprint density at radius 3 is 3.05 bits per heavy atom. The van der Waals surface area contributed by atoms with Gasteiger partial charge in [0.05, 0.1) is 6.10 Å². The van der Waals surface area contributed by atoms with Gasteiger partial charge in [-0.3, -0.25) is 0 Å². The van der Waals surface area contributed by atoms with E-state index in [0.717, 1.165) is 38.0 Å². The summed E-state index contributed by atoms with van der Waals surface area (Å²) < 4.78 is 6.39. The number of nitrogens with zero attached hydrogens (tertiary/aromatic N) is 1. The SMILES string of the molecule is Cc1ccc2c3c1O[C@H]1[C@@H](O)CCC4[C@@H](C2)N(C)CC[C@@]341. The van der Waals surface area contributed by atoms with Gasteiger partial charge in [-0.1, -0.05) is 12.1 Å². The van der Waals surface area contributed by atoms with Crippen LogP contribution in [0.4, 0.5) is 0 Å². The third kappa shape index (κ3) is 1.29. The van der Waals surface area contributed by atoms with Crippen LogP contribution in [0.5, 0.6) is 5.75 Å². The molecule has 0 amide bonds. The molecule has 21 heavy (non-hydrogen) atoms. The quantitative estimate of drug-likeness (QED) is 0.791. The number of rotatable bonds is 0. The third-order valence-corrected chi connectivity index (χ3v) is 6.78. The van der Waals surface area contributed by atoms with Crippen molar-refractivity contribution in [3.8, 4) is 5.75 Å². The number of aliphatic hydroxyl groups excluding tert-OH is 1. The molecule has 1 unspecified atom stereocenters. The molecule has 3 heteroatoms. The van der Waals surface area contributed by atoms with Crippen LogP contribution in [0.3, 0.4) is 0 Å². The fraction of sp³-hybridized carbons (Fsp3) is 0.667. The van der Waals surface area contributed by atoms with Crippen LogP contribution in [0.25, 0.3) is 0 Å². The largest absolute Gasteiger partial charge is 0.486 e. The van der Waals surface area contributed by atoms with Gasteiger partial charge in [-0.05, 0) is 63.2 Å². The molecule has 112 valence electrons. The molecule has 1 saturated heterocycles. The summed E-state index contributed by atoms with van der Waals surface area (Å²) >= 11 is 0. The van der Waals surface area contributed by atoms with Crippen LogP contribution in [0.15, 0.2) is 12.1 Å². The standard InChI is InChI=1S/C18H23NO2/c1-10-3-4-11-9-13-12-5-6-14(20)17-18(12,7-8-19(13)2)15(11)16(10)21-17/h3-4,12-14,17,20H,5-9H2,1-2H3/t12?,13-,14+,17+,18+/m1/s1. The van der Waals surface area contributed by atoms with Crippen molar-refractivity contribution in [2.45, 2.75) is 56.3 Å². The summed E-state index contributed by atoms with van der Waals surface area (Å²) in [5.74, 6) is 1.76. The molecule has 1 aromatic rings. The van der Waals surface area contributed by atoms with E-state index >= 15 is 0 Å². The number of hydrogen-bond acceptors (Lipinski definition) is 3. The monoisotopic (exact) mass is 285 g/mol. The average molecular weight is 285 g/mol. The molecule has 0 radical (unpaired) electrons. The van der Waals surface area contributed by atoms with E-state index in [2.05, 4.69) is 31.0 Å². The Hall–Kier alpha value is -1.06. The lowest BCUT2D eigenvalue weighted by Crippen LogP contribution is -2.66. The Balaban J connectivity index is 1.81. The minimum atomic E-state index is -0.303. The Kier molecular flexibility index (Phi) is 2.27. The highest BCUT2D eigenvalue weighted by atomic mass is 16.5. The predicted molar refractivity (Wildman–Crippen MR) is 80.7 cm³/mol. The first-order chi connectivity index (χ1) is 10.1. The van der Waals surface area contributed by atoms with Crippen LogP contribution in [0.2, 0.25) is 0 Å². The molecule has 2 bridgehead atoms. The topological polar surface area (TPSA) is 32.7 Å². The molecule has 2 aliphatic heterocycles. The number of piperidine rings is 1. The van der Waals surface area contributed by atoms with E-state index in [1.807, 2.05) is 0 Å². The Bertz CT molecular complexity index is 628. The van der Waals surface area contributed by atoms with Crippen molar-refractivity contribution in [1.29, 1.82) is 0 Å². The Morgan fingerprint density at radius 2 is 2.19 bits per heavy atom. The van der Waals surface area contributed by atoms with Crippen molar-refractivity contribution in [1.82, 2.24) is 4.90 Å². The highest BCUT2D eigenvalue weighted by Gasteiger charge is 2.64. The number of likely N-dealkylation sites (N-methyl/N-ethyl adjacent to an activating group) is 1. The predicted octanol–water partition coefficient (Wildman–Crippen LogP) is 2.02. The summed E-state index contributed by atoms with van der Waals surface area (Å²) in [4.78, 5) is 2.55. The first kappa shape index (κ1) is 12.5. The van der Waals surface area contributed by atoms with Crippen molar-refractivity contribution < 1.29 is 9.84 Å². The number of hydrogen-bond donors (Lipinski definition) is 1. The second-order valence-electron chi connectivity index (χ2n) is 7.58. The lowest BCUT2D eigenvalue weighted by atomic mass is 9.51. The van der Waals surface area contributed by atoms with Gasteiger partial charge in [-0.2, -0.15) is 0 Å². The lowest BCUT2D eigenvalue weighted by molar-refractivity contribution is -0.0992. The smallest absolute Gasteiger partial charge is 0.135 e. The van der Waals surface area contributed by atoms with Gasteiger partial charge >= 0.3 is 0 Å². The molecule has 0 aromatic heterocycles. The van der Waals surface area contributed by atoms with Crippen LogP contribution in [0, 0.1) is 12.8 Å². The summed E-state index contributed by atoms with van der Waals surface area (Å²) in [6.45, 7) is 3.27. The fourth-order valence-corrected chi connectivity index (χ4v) is 5.86. The van der Waals surface area contributed by atoms with Gasteiger partial charge in [-0.15, -0.1) is 0 Å². The molecule has 1 aromatic carbocycles. The van der Waals surface area contributed by atoms with Gasteiger partial charge in [0.2, 0.25) is 0 Å². The molecule has 2 heterocycles. The zero-order chi connectivity index (χ0) is 14.4. The molecule has 4 aliphatic rings. The maximum absolute atomic E-state index is 10.6. The van der Waals surface area contributed by atoms with Gasteiger partial charge in [0, 0.05) is 17.0 Å². The second-order valence-corrected chi connectivity index (χ2v) is 7.58. The van der Waals surface area contributed by atoms with Crippen molar-refractivity contribution in [3.63, 3.8) is 0 Å². The van der Waals surface area contributed by atoms with E-state index in [4.69, 9.17) is 4.74 Å². The van der Waals surface area contributed by atoms with Crippen LogP contribution >= 0.6 is 0 Å². The van der Waals surface area contributed by atoms with Crippen LogP contribution in [-0.4, -0.2) is 41.8 Å². The third-order valence-electron chi connectivity index (χ3n) is 6.78. The van der Waals surface area contributed by atoms with E-state index in [1.165, 1.54) is 16.7 Å². The number of aliphatic hydroxyl groups is 1. The Morgan fingerprint density at radius 1 is 1.33 bits per heavy atom. The van der Waals surface area contributed by atoms with Gasteiger partial charge in [0.15, 0.2) is 0 Å². The average Bonchev–Trinajstić information content (AvgIpc) is 2.83. The lowest BCUT2D eigenvalue weighted by Gasteiger charge is -2.58. The van der Waals surface area contributed by atoms with Crippen LogP contribution < -0.4 is 4.74 Å².